The van der Waals surface area contributed by atoms with E-state index in [1.165, 1.54) is 147 Å². The zero-order valence-electron chi connectivity index (χ0n) is 48.9. The average molecular weight is 1130 g/mol. The summed E-state index contributed by atoms with van der Waals surface area (Å²) in [6, 6.07) is 104. The summed E-state index contributed by atoms with van der Waals surface area (Å²) in [5.41, 5.74) is 29.5. The molecule has 412 valence electrons. The van der Waals surface area contributed by atoms with Gasteiger partial charge in [-0.3, -0.25) is 0 Å². The molecule has 0 saturated heterocycles. The molecule has 0 N–H and O–H groups in total. The number of benzene rings is 13. The number of nitrogens with zero attached hydrogens (tertiary/aromatic N) is 3. The SMILES string of the molecule is Cc1ccccc1-c1cccc(N(c2ccccc2)c2cccc(-c3ccc4c(c3)c3cccc5c6cc7c(cc6n4c35)-c3cccc(c3C)-c3cc(-c4cccc(N(c5ccccc5)c5cccc6c5sc5ccccc56)c4)ccc3[C@H]7C)c2)c1C. The van der Waals surface area contributed by atoms with E-state index in [1.807, 2.05) is 11.3 Å². The third kappa shape index (κ3) is 8.02. The second kappa shape index (κ2) is 20.1. The van der Waals surface area contributed by atoms with E-state index in [2.05, 4.69) is 321 Å². The molecule has 1 atom stereocenters. The molecule has 0 unspecified atom stereocenters. The maximum absolute atomic E-state index is 2.55. The van der Waals surface area contributed by atoms with Gasteiger partial charge in [0.1, 0.15) is 0 Å². The monoisotopic (exact) mass is 1130 g/mol. The Morgan fingerprint density at radius 1 is 0.322 bits per heavy atom. The van der Waals surface area contributed by atoms with Crippen molar-refractivity contribution in [2.24, 2.45) is 0 Å². The van der Waals surface area contributed by atoms with Crippen LogP contribution in [0.5, 0.6) is 0 Å². The lowest BCUT2D eigenvalue weighted by molar-refractivity contribution is 0.926. The van der Waals surface area contributed by atoms with E-state index in [0.717, 1.165) is 28.4 Å². The van der Waals surface area contributed by atoms with Gasteiger partial charge in [0.2, 0.25) is 0 Å². The number of aryl methyl sites for hydroxylation is 1. The summed E-state index contributed by atoms with van der Waals surface area (Å²) in [5, 5.41) is 7.71. The first-order valence-electron chi connectivity index (χ1n) is 30.3. The predicted octanol–water partition coefficient (Wildman–Crippen LogP) is 23.9. The quantitative estimate of drug-likeness (QED) is 0.143. The zero-order valence-corrected chi connectivity index (χ0v) is 49.7. The van der Waals surface area contributed by atoms with E-state index in [0.29, 0.717) is 0 Å². The van der Waals surface area contributed by atoms with Crippen LogP contribution in [-0.4, -0.2) is 4.40 Å². The Morgan fingerprint density at radius 3 is 1.55 bits per heavy atom. The average Bonchev–Trinajstić information content (AvgIpc) is 1.59. The molecule has 17 rings (SSSR count). The van der Waals surface area contributed by atoms with Gasteiger partial charge in [-0.1, -0.05) is 189 Å². The van der Waals surface area contributed by atoms with Gasteiger partial charge in [-0.05, 0) is 201 Å². The second-order valence-corrected chi connectivity index (χ2v) is 24.7. The van der Waals surface area contributed by atoms with E-state index >= 15 is 0 Å². The third-order valence-corrected chi connectivity index (χ3v) is 20.1. The van der Waals surface area contributed by atoms with E-state index in [1.54, 1.807) is 0 Å². The number of para-hydroxylation sites is 3. The van der Waals surface area contributed by atoms with Crippen LogP contribution in [0, 0.1) is 20.8 Å². The number of hydrogen-bond donors (Lipinski definition) is 0. The molecular formula is C83H59N3S. The molecule has 87 heavy (non-hydrogen) atoms. The van der Waals surface area contributed by atoms with Gasteiger partial charge >= 0.3 is 0 Å². The van der Waals surface area contributed by atoms with Gasteiger partial charge in [-0.25, -0.2) is 0 Å². The Kier molecular flexibility index (Phi) is 11.7. The Labute approximate surface area is 510 Å². The standard InChI is InChI=1S/C83H59N3S/c1-51-21-11-12-30-63(51)66-34-19-38-77(54(66)4)84(59-24-7-5-8-25-59)61-28-15-23-56(45-61)58-42-44-78-75(48-58)69-35-18-36-70-76-49-72-53(3)67-43-41-57(47-73(67)64-32-17-33-65(52(64)2)74(72)50-80(76)86(78)82(69)70)55-22-16-29-62(46-55)85(60-26-9-6-10-27-60)79-39-20-37-71-68-31-13-14-40-81(68)87-83(71)79/h5-50,53H,1-4H3/t53-/m1/s1. The summed E-state index contributed by atoms with van der Waals surface area (Å²) >= 11 is 1.87. The maximum atomic E-state index is 2.55. The Hall–Kier alpha value is -10.5. The van der Waals surface area contributed by atoms with Crippen molar-refractivity contribution in [2.45, 2.75) is 33.6 Å². The van der Waals surface area contributed by atoms with Crippen molar-refractivity contribution >= 4 is 104 Å². The van der Waals surface area contributed by atoms with Crippen LogP contribution in [-0.2, 0) is 0 Å². The zero-order chi connectivity index (χ0) is 58.0. The van der Waals surface area contributed by atoms with Crippen molar-refractivity contribution < 1.29 is 0 Å². The largest absolute Gasteiger partial charge is 0.310 e. The van der Waals surface area contributed by atoms with Crippen LogP contribution in [0.3, 0.4) is 0 Å². The van der Waals surface area contributed by atoms with Crippen LogP contribution < -0.4 is 9.80 Å². The third-order valence-electron chi connectivity index (χ3n) is 18.9. The molecule has 0 saturated carbocycles. The molecule has 4 heteroatoms. The highest BCUT2D eigenvalue weighted by Gasteiger charge is 2.28. The highest BCUT2D eigenvalue weighted by molar-refractivity contribution is 7.26. The van der Waals surface area contributed by atoms with Crippen LogP contribution in [0.4, 0.5) is 34.1 Å². The predicted molar refractivity (Wildman–Crippen MR) is 372 cm³/mol. The van der Waals surface area contributed by atoms with Gasteiger partial charge in [-0.15, -0.1) is 11.3 Å². The van der Waals surface area contributed by atoms with E-state index in [9.17, 15) is 0 Å². The molecule has 0 spiro atoms. The van der Waals surface area contributed by atoms with E-state index in [-0.39, 0.29) is 5.92 Å². The Balaban J connectivity index is 0.756. The molecular weight excluding hydrogens is 1070 g/mol. The summed E-state index contributed by atoms with van der Waals surface area (Å²) in [7, 11) is 0. The molecule has 0 amide bonds. The van der Waals surface area contributed by atoms with Crippen molar-refractivity contribution in [3.05, 3.63) is 307 Å². The molecule has 0 radical (unpaired) electrons. The molecule has 3 aromatic heterocycles. The molecule has 3 nitrogen and oxygen atoms in total. The maximum Gasteiger partial charge on any atom is 0.0640 e. The number of fused-ring (bicyclic) bond motifs is 15. The molecule has 1 aliphatic rings. The topological polar surface area (TPSA) is 10.9 Å². The summed E-state index contributed by atoms with van der Waals surface area (Å²) in [6.07, 6.45) is 0. The second-order valence-electron chi connectivity index (χ2n) is 23.7. The summed E-state index contributed by atoms with van der Waals surface area (Å²) in [5.74, 6) is 0.127. The molecule has 3 heterocycles. The lowest BCUT2D eigenvalue weighted by atomic mass is 9.77. The van der Waals surface area contributed by atoms with Gasteiger partial charge in [0, 0.05) is 71.4 Å². The normalized spacial score (nSPS) is 12.9. The van der Waals surface area contributed by atoms with Gasteiger partial charge < -0.3 is 14.2 Å². The lowest BCUT2D eigenvalue weighted by Gasteiger charge is -2.28. The first kappa shape index (κ1) is 50.9. The minimum Gasteiger partial charge on any atom is -0.310 e. The number of thiophene rings is 1. The van der Waals surface area contributed by atoms with Crippen LogP contribution in [0.1, 0.15) is 40.7 Å². The Bertz CT molecular complexity index is 5420. The fourth-order valence-corrected chi connectivity index (χ4v) is 15.9. The smallest absolute Gasteiger partial charge is 0.0640 e. The highest BCUT2D eigenvalue weighted by Crippen LogP contribution is 2.51. The van der Waals surface area contributed by atoms with Gasteiger partial charge in [0.05, 0.1) is 26.9 Å². The van der Waals surface area contributed by atoms with Crippen LogP contribution in [0.15, 0.2) is 279 Å². The van der Waals surface area contributed by atoms with Crippen molar-refractivity contribution in [3.63, 3.8) is 0 Å². The number of rotatable bonds is 9. The van der Waals surface area contributed by atoms with Crippen molar-refractivity contribution in [1.29, 1.82) is 0 Å². The van der Waals surface area contributed by atoms with Crippen molar-refractivity contribution in [2.75, 3.05) is 9.80 Å². The number of hydrogen-bond acceptors (Lipinski definition) is 3. The molecule has 1 aliphatic carbocycles. The summed E-state index contributed by atoms with van der Waals surface area (Å²) in [4.78, 5) is 4.85. The molecule has 16 aromatic rings. The highest BCUT2D eigenvalue weighted by atomic mass is 32.1. The van der Waals surface area contributed by atoms with Crippen LogP contribution >= 0.6 is 11.3 Å². The minimum atomic E-state index is 0.127. The van der Waals surface area contributed by atoms with Crippen molar-refractivity contribution in [1.82, 2.24) is 4.40 Å². The summed E-state index contributed by atoms with van der Waals surface area (Å²) in [6.45, 7) is 9.22. The molecule has 0 fully saturated rings. The molecule has 13 aromatic carbocycles. The number of anilines is 6. The Morgan fingerprint density at radius 2 is 0.828 bits per heavy atom. The summed E-state index contributed by atoms with van der Waals surface area (Å²) < 4.78 is 5.14. The first-order valence-corrected chi connectivity index (χ1v) is 31.1. The molecule has 0 aliphatic heterocycles. The van der Waals surface area contributed by atoms with Gasteiger partial charge in [0.25, 0.3) is 0 Å². The first-order chi connectivity index (χ1) is 42.8. The fraction of sp³-hybridized carbons (Fsp3) is 0.0602. The number of aromatic nitrogens is 1. The van der Waals surface area contributed by atoms with E-state index in [4.69, 9.17) is 0 Å². The molecule has 2 bridgehead atoms. The van der Waals surface area contributed by atoms with E-state index < -0.39 is 0 Å². The van der Waals surface area contributed by atoms with Crippen molar-refractivity contribution in [3.8, 4) is 55.6 Å². The lowest BCUT2D eigenvalue weighted by Crippen LogP contribution is -2.11. The van der Waals surface area contributed by atoms with Gasteiger partial charge in [-0.2, -0.15) is 0 Å². The van der Waals surface area contributed by atoms with Gasteiger partial charge in [0.15, 0.2) is 0 Å². The fourth-order valence-electron chi connectivity index (χ4n) is 14.6. The minimum absolute atomic E-state index is 0.127. The van der Waals surface area contributed by atoms with Crippen LogP contribution in [0.25, 0.3) is 114 Å². The van der Waals surface area contributed by atoms with Crippen LogP contribution in [0.2, 0.25) is 0 Å².